The molecule has 0 aliphatic carbocycles. The average Bonchev–Trinajstić information content (AvgIpc) is 2.69. The molecule has 1 rings (SSSR count). The second kappa shape index (κ2) is 7.68. The highest BCUT2D eigenvalue weighted by atomic mass is 35.5. The van der Waals surface area contributed by atoms with Gasteiger partial charge in [-0.3, -0.25) is 4.79 Å². The number of primary sulfonamides is 1. The molecule has 0 unspecified atom stereocenters. The molecule has 0 spiro atoms. The van der Waals surface area contributed by atoms with Crippen LogP contribution >= 0.6 is 22.9 Å². The van der Waals surface area contributed by atoms with E-state index in [9.17, 15) is 18.0 Å². The van der Waals surface area contributed by atoms with Gasteiger partial charge in [-0.25, -0.2) is 18.4 Å². The predicted molar refractivity (Wildman–Crippen MR) is 92.0 cm³/mol. The lowest BCUT2D eigenvalue weighted by Crippen LogP contribution is -2.37. The second-order valence-corrected chi connectivity index (χ2v) is 9.04. The Bertz CT molecular complexity index is 738. The standard InChI is InChI=1S/C13H20ClN3O5S2/c1-7-8(14)9(23-11(7)24(15,20)21)10(18)16-5-6-17-12(19)22-13(2,3)4/h5-6H2,1-4H3,(H,16,18)(H,17,19)(H2,15,20,21). The molecule has 8 nitrogen and oxygen atoms in total. The quantitative estimate of drug-likeness (QED) is 0.650. The van der Waals surface area contributed by atoms with Crippen LogP contribution in [0.4, 0.5) is 4.79 Å². The van der Waals surface area contributed by atoms with E-state index in [2.05, 4.69) is 10.6 Å². The van der Waals surface area contributed by atoms with E-state index >= 15 is 0 Å². The molecule has 0 fully saturated rings. The summed E-state index contributed by atoms with van der Waals surface area (Å²) in [6.45, 7) is 6.94. The topological polar surface area (TPSA) is 128 Å². The molecule has 0 aliphatic rings. The third-order valence-corrected chi connectivity index (χ3v) is 6.01. The number of hydrogen-bond acceptors (Lipinski definition) is 6. The van der Waals surface area contributed by atoms with Crippen molar-refractivity contribution in [1.82, 2.24) is 10.6 Å². The van der Waals surface area contributed by atoms with Gasteiger partial charge in [0.1, 0.15) is 14.7 Å². The molecular formula is C13H20ClN3O5S2. The number of nitrogens with two attached hydrogens (primary N) is 1. The number of carbonyl (C=O) groups is 2. The van der Waals surface area contributed by atoms with Crippen molar-refractivity contribution < 1.29 is 22.7 Å². The molecular weight excluding hydrogens is 378 g/mol. The van der Waals surface area contributed by atoms with Crippen LogP contribution in [-0.4, -0.2) is 39.1 Å². The first-order valence-electron chi connectivity index (χ1n) is 6.89. The van der Waals surface area contributed by atoms with Crippen LogP contribution in [0.2, 0.25) is 5.02 Å². The minimum Gasteiger partial charge on any atom is -0.444 e. The number of sulfonamides is 1. The Kier molecular flexibility index (Phi) is 6.62. The van der Waals surface area contributed by atoms with Crippen molar-refractivity contribution in [2.75, 3.05) is 13.1 Å². The fourth-order valence-electron chi connectivity index (χ4n) is 1.63. The number of carbonyl (C=O) groups excluding carboxylic acids is 2. The maximum atomic E-state index is 12.1. The summed E-state index contributed by atoms with van der Waals surface area (Å²) in [7, 11) is -3.94. The Hall–Kier alpha value is -1.36. The van der Waals surface area contributed by atoms with E-state index < -0.39 is 27.6 Å². The lowest BCUT2D eigenvalue weighted by atomic mass is 10.2. The van der Waals surface area contributed by atoms with Gasteiger partial charge in [-0.15, -0.1) is 11.3 Å². The normalized spacial score (nSPS) is 11.9. The van der Waals surface area contributed by atoms with Crippen molar-refractivity contribution in [3.8, 4) is 0 Å². The first-order valence-corrected chi connectivity index (χ1v) is 9.63. The van der Waals surface area contributed by atoms with Gasteiger partial charge in [0.15, 0.2) is 0 Å². The van der Waals surface area contributed by atoms with Gasteiger partial charge in [-0.1, -0.05) is 11.6 Å². The molecule has 0 aliphatic heterocycles. The lowest BCUT2D eigenvalue weighted by Gasteiger charge is -2.19. The maximum Gasteiger partial charge on any atom is 0.407 e. The van der Waals surface area contributed by atoms with Crippen molar-refractivity contribution in [2.45, 2.75) is 37.5 Å². The van der Waals surface area contributed by atoms with Gasteiger partial charge in [0.05, 0.1) is 5.02 Å². The molecule has 0 saturated carbocycles. The molecule has 24 heavy (non-hydrogen) atoms. The number of thiophene rings is 1. The van der Waals surface area contributed by atoms with Crippen molar-refractivity contribution in [3.05, 3.63) is 15.5 Å². The Balaban J connectivity index is 2.60. The zero-order valence-corrected chi connectivity index (χ0v) is 16.1. The Morgan fingerprint density at radius 1 is 1.25 bits per heavy atom. The SMILES string of the molecule is Cc1c(S(N)(=O)=O)sc(C(=O)NCCNC(=O)OC(C)(C)C)c1Cl. The van der Waals surface area contributed by atoms with Gasteiger partial charge in [-0.05, 0) is 33.3 Å². The maximum absolute atomic E-state index is 12.1. The molecule has 0 bridgehead atoms. The van der Waals surface area contributed by atoms with Crippen LogP contribution < -0.4 is 15.8 Å². The molecule has 2 amide bonds. The zero-order chi connectivity index (χ0) is 18.7. The smallest absolute Gasteiger partial charge is 0.407 e. The summed E-state index contributed by atoms with van der Waals surface area (Å²) >= 11 is 6.69. The highest BCUT2D eigenvalue weighted by molar-refractivity contribution is 7.91. The number of rotatable bonds is 5. The van der Waals surface area contributed by atoms with E-state index in [-0.39, 0.29) is 32.8 Å². The zero-order valence-electron chi connectivity index (χ0n) is 13.7. The van der Waals surface area contributed by atoms with Crippen LogP contribution in [0.5, 0.6) is 0 Å². The average molecular weight is 398 g/mol. The first kappa shape index (κ1) is 20.7. The number of amides is 2. The molecule has 0 aromatic carbocycles. The van der Waals surface area contributed by atoms with Gasteiger partial charge in [0.2, 0.25) is 10.0 Å². The van der Waals surface area contributed by atoms with Crippen LogP contribution in [0.1, 0.15) is 36.0 Å². The largest absolute Gasteiger partial charge is 0.444 e. The Morgan fingerprint density at radius 2 is 1.79 bits per heavy atom. The second-order valence-electron chi connectivity index (χ2n) is 5.89. The molecule has 1 aromatic heterocycles. The first-order chi connectivity index (χ1) is 10.8. The number of halogens is 1. The van der Waals surface area contributed by atoms with Crippen LogP contribution in [0.25, 0.3) is 0 Å². The highest BCUT2D eigenvalue weighted by Gasteiger charge is 2.24. The van der Waals surface area contributed by atoms with Gasteiger partial charge < -0.3 is 15.4 Å². The van der Waals surface area contributed by atoms with E-state index in [1.807, 2.05) is 0 Å². The van der Waals surface area contributed by atoms with Crippen LogP contribution in [-0.2, 0) is 14.8 Å². The lowest BCUT2D eigenvalue weighted by molar-refractivity contribution is 0.0526. The van der Waals surface area contributed by atoms with Crippen molar-refractivity contribution in [2.24, 2.45) is 5.14 Å². The summed E-state index contributed by atoms with van der Waals surface area (Å²) in [6, 6.07) is 0. The number of ether oxygens (including phenoxy) is 1. The van der Waals surface area contributed by atoms with E-state index in [0.29, 0.717) is 11.3 Å². The third-order valence-electron chi connectivity index (χ3n) is 2.57. The number of hydrogen-bond donors (Lipinski definition) is 3. The number of nitrogens with one attached hydrogen (secondary N) is 2. The summed E-state index contributed by atoms with van der Waals surface area (Å²) in [5.74, 6) is -0.547. The van der Waals surface area contributed by atoms with E-state index in [1.54, 1.807) is 20.8 Å². The molecule has 1 aromatic rings. The molecule has 136 valence electrons. The van der Waals surface area contributed by atoms with Crippen LogP contribution in [0, 0.1) is 6.92 Å². The summed E-state index contributed by atoms with van der Waals surface area (Å²) in [5.41, 5.74) is -0.374. The minimum atomic E-state index is -3.94. The van der Waals surface area contributed by atoms with Gasteiger partial charge in [0, 0.05) is 13.1 Å². The van der Waals surface area contributed by atoms with Gasteiger partial charge in [0.25, 0.3) is 5.91 Å². The van der Waals surface area contributed by atoms with E-state index in [0.717, 1.165) is 0 Å². The van der Waals surface area contributed by atoms with Crippen molar-refractivity contribution >= 4 is 45.0 Å². The molecule has 0 saturated heterocycles. The summed E-state index contributed by atoms with van der Waals surface area (Å²) in [5, 5.41) is 10.1. The fourth-order valence-corrected chi connectivity index (χ4v) is 4.13. The van der Waals surface area contributed by atoms with Crippen LogP contribution in [0.15, 0.2) is 4.21 Å². The van der Waals surface area contributed by atoms with Gasteiger partial charge in [-0.2, -0.15) is 0 Å². The molecule has 4 N–H and O–H groups in total. The fraction of sp³-hybridized carbons (Fsp3) is 0.538. The van der Waals surface area contributed by atoms with E-state index in [1.165, 1.54) is 6.92 Å². The van der Waals surface area contributed by atoms with Crippen molar-refractivity contribution in [1.29, 1.82) is 0 Å². The predicted octanol–water partition coefficient (Wildman–Crippen LogP) is 1.61. The summed E-state index contributed by atoms with van der Waals surface area (Å²) < 4.78 is 27.7. The molecule has 0 radical (unpaired) electrons. The summed E-state index contributed by atoms with van der Waals surface area (Å²) in [6.07, 6.45) is -0.599. The van der Waals surface area contributed by atoms with Gasteiger partial charge >= 0.3 is 6.09 Å². The Morgan fingerprint density at radius 3 is 2.25 bits per heavy atom. The third kappa shape index (κ3) is 5.93. The minimum absolute atomic E-state index is 0.0432. The van der Waals surface area contributed by atoms with E-state index in [4.69, 9.17) is 21.5 Å². The molecule has 0 atom stereocenters. The monoisotopic (exact) mass is 397 g/mol. The van der Waals surface area contributed by atoms with Crippen molar-refractivity contribution in [3.63, 3.8) is 0 Å². The molecule has 1 heterocycles. The van der Waals surface area contributed by atoms with Crippen LogP contribution in [0.3, 0.4) is 0 Å². The molecule has 11 heteroatoms. The highest BCUT2D eigenvalue weighted by Crippen LogP contribution is 2.34. The number of alkyl carbamates (subject to hydrolysis) is 1. The summed E-state index contributed by atoms with van der Waals surface area (Å²) in [4.78, 5) is 23.6. The Labute approximate surface area is 149 Å².